The van der Waals surface area contributed by atoms with Crippen molar-refractivity contribution in [1.82, 2.24) is 0 Å². The molecule has 0 spiro atoms. The largest absolute Gasteiger partial charge is 0.455 e. The molecule has 0 aliphatic heterocycles. The number of rotatable bonds is 8. The summed E-state index contributed by atoms with van der Waals surface area (Å²) in [5, 5.41) is 12.7. The van der Waals surface area contributed by atoms with E-state index in [0.29, 0.717) is 0 Å². The summed E-state index contributed by atoms with van der Waals surface area (Å²) in [5.74, 6) is 0. The maximum absolute atomic E-state index is 7.44. The Morgan fingerprint density at radius 2 is 0.625 bits per heavy atom. The quantitative estimate of drug-likeness (QED) is 0.151. The Balaban J connectivity index is 0.868. The molecule has 0 aliphatic carbocycles. The zero-order chi connectivity index (χ0) is 59.2. The van der Waals surface area contributed by atoms with Crippen molar-refractivity contribution in [1.29, 1.82) is 0 Å². The average Bonchev–Trinajstić information content (AvgIpc) is 1.57. The second kappa shape index (κ2) is 19.3. The molecule has 88 heavy (non-hydrogen) atoms. The minimum atomic E-state index is -0.103. The molecule has 0 aliphatic rings. The Bertz CT molecular complexity index is 5290. The van der Waals surface area contributed by atoms with Gasteiger partial charge in [0, 0.05) is 88.1 Å². The fraction of sp³-hybridized carbons (Fsp3) is 0.0976. The number of hydrogen-bond acceptors (Lipinski definition) is 6. The van der Waals surface area contributed by atoms with Crippen molar-refractivity contribution >= 4 is 143 Å². The average molecular weight is 1140 g/mol. The third kappa shape index (κ3) is 8.02. The molecule has 13 aromatic carbocycles. The summed E-state index contributed by atoms with van der Waals surface area (Å²) < 4.78 is 28.9. The van der Waals surface area contributed by atoms with Crippen LogP contribution in [0.3, 0.4) is 0 Å². The molecule has 0 radical (unpaired) electrons. The lowest BCUT2D eigenvalue weighted by Crippen LogP contribution is -2.11. The molecule has 0 fully saturated rings. The molecular weight excluding hydrogens is 1080 g/mol. The van der Waals surface area contributed by atoms with Crippen LogP contribution in [0.15, 0.2) is 272 Å². The monoisotopic (exact) mass is 1140 g/mol. The Morgan fingerprint density at radius 3 is 1.01 bits per heavy atom. The van der Waals surface area contributed by atoms with Gasteiger partial charge in [0.25, 0.3) is 0 Å². The minimum absolute atomic E-state index is 0.103. The van der Waals surface area contributed by atoms with Gasteiger partial charge in [-0.25, -0.2) is 0 Å². The first-order valence-corrected chi connectivity index (χ1v) is 30.4. The van der Waals surface area contributed by atoms with Crippen LogP contribution in [-0.2, 0) is 10.8 Å². The van der Waals surface area contributed by atoms with Crippen LogP contribution in [0, 0.1) is 0 Å². The summed E-state index contributed by atoms with van der Waals surface area (Å²) in [4.78, 5) is 4.64. The van der Waals surface area contributed by atoms with Crippen molar-refractivity contribution in [2.24, 2.45) is 0 Å². The Hall–Kier alpha value is -10.8. The van der Waals surface area contributed by atoms with Gasteiger partial charge in [-0.15, -0.1) is 0 Å². The summed E-state index contributed by atoms with van der Waals surface area (Å²) >= 11 is 0. The fourth-order valence-electron chi connectivity index (χ4n) is 13.9. The molecule has 4 aromatic heterocycles. The highest BCUT2D eigenvalue weighted by molar-refractivity contribution is 6.31. The van der Waals surface area contributed by atoms with Crippen molar-refractivity contribution in [2.75, 3.05) is 9.80 Å². The van der Waals surface area contributed by atoms with E-state index in [1.165, 1.54) is 11.1 Å². The van der Waals surface area contributed by atoms with Gasteiger partial charge < -0.3 is 27.5 Å². The minimum Gasteiger partial charge on any atom is -0.455 e. The van der Waals surface area contributed by atoms with Gasteiger partial charge in [-0.3, -0.25) is 0 Å². The van der Waals surface area contributed by atoms with Gasteiger partial charge in [0.05, 0.1) is 11.4 Å². The van der Waals surface area contributed by atoms with E-state index in [4.69, 9.17) is 17.7 Å². The zero-order valence-electron chi connectivity index (χ0n) is 49.8. The van der Waals surface area contributed by atoms with E-state index in [2.05, 4.69) is 306 Å². The zero-order valence-corrected chi connectivity index (χ0v) is 49.8. The standard InChI is InChI=1S/C82H60N2O4/c1-81(2,3)65-35-19-31-59-61-33-21-37-67(77(61)87-75(59)65)83(55-27-15-9-16-28-55)57-41-39-51-45-63-69(47-53(51)43-57)85-79-72(50-25-13-8-14-26-50)74-64-46-52-40-42-58(44-54(52)48-70(64)86-80(74)71(73(63)79)49-23-11-7-12-24-49)84(56-29-17-10-18-30-56)68-38-22-34-62-60-32-20-36-66(82(4,5)6)76(60)88-78(62)68/h7-48H,1-6H3. The van der Waals surface area contributed by atoms with Crippen LogP contribution in [0.4, 0.5) is 34.1 Å². The second-order valence-corrected chi connectivity index (χ2v) is 25.6. The molecule has 0 bridgehead atoms. The predicted molar refractivity (Wildman–Crippen MR) is 368 cm³/mol. The normalized spacial score (nSPS) is 12.4. The Morgan fingerprint density at radius 1 is 0.261 bits per heavy atom. The lowest BCUT2D eigenvalue weighted by molar-refractivity contribution is 0.572. The Labute approximate surface area is 508 Å². The molecule has 17 rings (SSSR count). The summed E-state index contributed by atoms with van der Waals surface area (Å²) in [6.45, 7) is 13.5. The number of anilines is 6. The number of hydrogen-bond donors (Lipinski definition) is 0. The van der Waals surface area contributed by atoms with Crippen LogP contribution >= 0.6 is 0 Å². The smallest absolute Gasteiger partial charge is 0.159 e. The molecule has 0 saturated carbocycles. The highest BCUT2D eigenvalue weighted by atomic mass is 16.3. The predicted octanol–water partition coefficient (Wildman–Crippen LogP) is 24.5. The first-order valence-electron chi connectivity index (χ1n) is 30.4. The van der Waals surface area contributed by atoms with E-state index in [1.54, 1.807) is 0 Å². The number of benzene rings is 13. The van der Waals surface area contributed by atoms with E-state index in [9.17, 15) is 0 Å². The van der Waals surface area contributed by atoms with Crippen LogP contribution in [0.1, 0.15) is 52.7 Å². The third-order valence-corrected chi connectivity index (χ3v) is 18.0. The van der Waals surface area contributed by atoms with Crippen molar-refractivity contribution < 1.29 is 17.7 Å². The van der Waals surface area contributed by atoms with Gasteiger partial charge in [-0.1, -0.05) is 211 Å². The molecule has 0 saturated heterocycles. The van der Waals surface area contributed by atoms with E-state index < -0.39 is 0 Å². The van der Waals surface area contributed by atoms with E-state index >= 15 is 0 Å². The molecule has 17 aromatic rings. The topological polar surface area (TPSA) is 59.0 Å². The highest BCUT2D eigenvalue weighted by Gasteiger charge is 2.30. The van der Waals surface area contributed by atoms with Gasteiger partial charge in [0.1, 0.15) is 33.5 Å². The Kier molecular flexibility index (Phi) is 11.3. The van der Waals surface area contributed by atoms with Gasteiger partial charge in [-0.05, 0) is 128 Å². The van der Waals surface area contributed by atoms with Crippen molar-refractivity contribution in [3.63, 3.8) is 0 Å². The molecule has 422 valence electrons. The number of para-hydroxylation sites is 6. The van der Waals surface area contributed by atoms with E-state index in [1.807, 2.05) is 0 Å². The van der Waals surface area contributed by atoms with Crippen LogP contribution < -0.4 is 9.80 Å². The maximum Gasteiger partial charge on any atom is 0.159 e. The van der Waals surface area contributed by atoms with E-state index in [0.717, 1.165) is 166 Å². The van der Waals surface area contributed by atoms with Crippen LogP contribution in [0.25, 0.3) is 132 Å². The van der Waals surface area contributed by atoms with Crippen LogP contribution in [0.5, 0.6) is 0 Å². The molecule has 6 nitrogen and oxygen atoms in total. The molecular formula is C82H60N2O4. The second-order valence-electron chi connectivity index (χ2n) is 25.6. The first kappa shape index (κ1) is 51.6. The van der Waals surface area contributed by atoms with Crippen molar-refractivity contribution in [3.05, 3.63) is 266 Å². The fourth-order valence-corrected chi connectivity index (χ4v) is 13.9. The molecule has 4 heterocycles. The summed E-state index contributed by atoms with van der Waals surface area (Å²) in [7, 11) is 0. The summed E-state index contributed by atoms with van der Waals surface area (Å²) in [6, 6.07) is 91.1. The molecule has 0 amide bonds. The third-order valence-electron chi connectivity index (χ3n) is 18.0. The molecule has 0 atom stereocenters. The van der Waals surface area contributed by atoms with Crippen LogP contribution in [-0.4, -0.2) is 0 Å². The van der Waals surface area contributed by atoms with Gasteiger partial charge in [-0.2, -0.15) is 0 Å². The van der Waals surface area contributed by atoms with Gasteiger partial charge in [0.15, 0.2) is 11.2 Å². The first-order chi connectivity index (χ1) is 42.9. The number of furan rings is 4. The highest BCUT2D eigenvalue weighted by Crippen LogP contribution is 2.53. The molecule has 0 N–H and O–H groups in total. The van der Waals surface area contributed by atoms with E-state index in [-0.39, 0.29) is 10.8 Å². The van der Waals surface area contributed by atoms with Crippen molar-refractivity contribution in [2.45, 2.75) is 52.4 Å². The summed E-state index contributed by atoms with van der Waals surface area (Å²) in [6.07, 6.45) is 0. The number of nitrogens with zero attached hydrogens (tertiary/aromatic N) is 2. The SMILES string of the molecule is CC(C)(C)c1cccc2c1oc1c(N(c3ccccc3)c3ccc4cc5c(cc4c3)oc3c(-c4ccccc4)c4c(oc6cc7cc(N(c8ccccc8)c8cccc9c8oc8c(C(C)(C)C)cccc89)ccc7cc64)c(-c4ccccc4)c35)cccc12. The lowest BCUT2D eigenvalue weighted by Gasteiger charge is -2.25. The van der Waals surface area contributed by atoms with Crippen molar-refractivity contribution in [3.8, 4) is 22.3 Å². The summed E-state index contributed by atoms with van der Waals surface area (Å²) in [5.41, 5.74) is 19.0. The lowest BCUT2D eigenvalue weighted by atomic mass is 9.86. The molecule has 0 unspecified atom stereocenters. The number of fused-ring (bicyclic) bond motifs is 14. The maximum atomic E-state index is 7.44. The van der Waals surface area contributed by atoms with Gasteiger partial charge in [0.2, 0.25) is 0 Å². The van der Waals surface area contributed by atoms with Crippen LogP contribution in [0.2, 0.25) is 0 Å². The molecule has 6 heteroatoms. The van der Waals surface area contributed by atoms with Gasteiger partial charge >= 0.3 is 0 Å².